The first-order valence-corrected chi connectivity index (χ1v) is 11.1. The van der Waals surface area contributed by atoms with Gasteiger partial charge in [-0.3, -0.25) is 14.5 Å². The Bertz CT molecular complexity index is 1280. The van der Waals surface area contributed by atoms with Crippen molar-refractivity contribution in [2.75, 3.05) is 20.8 Å². The van der Waals surface area contributed by atoms with Gasteiger partial charge in [-0.25, -0.2) is 0 Å². The third kappa shape index (κ3) is 3.56. The monoisotopic (exact) mass is 449 g/mol. The average molecular weight is 450 g/mol. The van der Waals surface area contributed by atoms with E-state index in [2.05, 4.69) is 4.90 Å². The molecular formula is C26H27NO6. The molecule has 0 radical (unpaired) electrons. The molecule has 2 aliphatic heterocycles. The molecule has 2 heterocycles. The molecule has 2 aliphatic rings. The topological polar surface area (TPSA) is 74.3 Å². The van der Waals surface area contributed by atoms with E-state index in [-0.39, 0.29) is 24.1 Å². The van der Waals surface area contributed by atoms with Gasteiger partial charge in [0.05, 0.1) is 20.3 Å². The second-order valence-electron chi connectivity index (χ2n) is 8.66. The summed E-state index contributed by atoms with van der Waals surface area (Å²) >= 11 is 0. The smallest absolute Gasteiger partial charge is 0.308 e. The maximum atomic E-state index is 12.1. The van der Waals surface area contributed by atoms with Crippen LogP contribution in [0.3, 0.4) is 0 Å². The van der Waals surface area contributed by atoms with Gasteiger partial charge in [0.2, 0.25) is 0 Å². The molecule has 7 heteroatoms. The minimum absolute atomic E-state index is 0.148. The van der Waals surface area contributed by atoms with E-state index in [4.69, 9.17) is 18.9 Å². The lowest BCUT2D eigenvalue weighted by molar-refractivity contribution is -0.150. The van der Waals surface area contributed by atoms with Gasteiger partial charge in [0.15, 0.2) is 11.5 Å². The van der Waals surface area contributed by atoms with E-state index in [1.807, 2.05) is 24.3 Å². The molecule has 3 aromatic rings. The van der Waals surface area contributed by atoms with E-state index in [1.54, 1.807) is 20.3 Å². The van der Waals surface area contributed by atoms with E-state index in [0.717, 1.165) is 58.6 Å². The molecule has 33 heavy (non-hydrogen) atoms. The van der Waals surface area contributed by atoms with Crippen molar-refractivity contribution in [3.63, 3.8) is 0 Å². The van der Waals surface area contributed by atoms with E-state index >= 15 is 0 Å². The molecule has 3 aromatic carbocycles. The van der Waals surface area contributed by atoms with Gasteiger partial charge in [-0.1, -0.05) is 6.07 Å². The molecule has 1 saturated heterocycles. The summed E-state index contributed by atoms with van der Waals surface area (Å²) in [5, 5.41) is 3.87. The zero-order valence-corrected chi connectivity index (χ0v) is 19.3. The molecule has 2 atom stereocenters. The normalized spacial score (nSPS) is 19.8. The van der Waals surface area contributed by atoms with Crippen molar-refractivity contribution in [1.82, 2.24) is 4.90 Å². The van der Waals surface area contributed by atoms with Crippen LogP contribution in [0, 0.1) is 0 Å². The molecule has 172 valence electrons. The number of fused-ring (bicyclic) bond motifs is 7. The Balaban J connectivity index is 1.88. The Morgan fingerprint density at radius 2 is 1.61 bits per heavy atom. The van der Waals surface area contributed by atoms with Crippen molar-refractivity contribution in [2.24, 2.45) is 0 Å². The van der Waals surface area contributed by atoms with E-state index < -0.39 is 0 Å². The van der Waals surface area contributed by atoms with Gasteiger partial charge >= 0.3 is 11.9 Å². The molecule has 0 amide bonds. The number of rotatable bonds is 4. The van der Waals surface area contributed by atoms with Crippen molar-refractivity contribution in [2.45, 2.75) is 45.4 Å². The van der Waals surface area contributed by atoms with Gasteiger partial charge in [0.25, 0.3) is 0 Å². The Kier molecular flexibility index (Phi) is 5.37. The first-order valence-electron chi connectivity index (χ1n) is 11.1. The van der Waals surface area contributed by atoms with Crippen LogP contribution in [0.1, 0.15) is 43.9 Å². The quantitative estimate of drug-likeness (QED) is 0.329. The van der Waals surface area contributed by atoms with Gasteiger partial charge in [-0.15, -0.1) is 0 Å². The molecule has 7 nitrogen and oxygen atoms in total. The van der Waals surface area contributed by atoms with E-state index in [1.165, 1.54) is 13.8 Å². The number of benzene rings is 3. The highest BCUT2D eigenvalue weighted by molar-refractivity contribution is 6.12. The highest BCUT2D eigenvalue weighted by Gasteiger charge is 2.41. The minimum atomic E-state index is -0.379. The number of carbonyl (C=O) groups is 2. The fraction of sp³-hybridized carbons (Fsp3) is 0.385. The van der Waals surface area contributed by atoms with Gasteiger partial charge in [-0.05, 0) is 70.8 Å². The molecule has 0 saturated carbocycles. The van der Waals surface area contributed by atoms with Gasteiger partial charge in [0.1, 0.15) is 11.9 Å². The van der Waals surface area contributed by atoms with Gasteiger partial charge < -0.3 is 18.9 Å². The number of hydrogen-bond donors (Lipinski definition) is 0. The Hall–Kier alpha value is -3.32. The third-order valence-electron chi connectivity index (χ3n) is 6.71. The summed E-state index contributed by atoms with van der Waals surface area (Å²) in [7, 11) is 3.23. The lowest BCUT2D eigenvalue weighted by Crippen LogP contribution is -2.40. The van der Waals surface area contributed by atoms with Gasteiger partial charge in [0, 0.05) is 26.0 Å². The lowest BCUT2D eigenvalue weighted by Gasteiger charge is -2.39. The predicted octanol–water partition coefficient (Wildman–Crippen LogP) is 4.52. The van der Waals surface area contributed by atoms with Crippen molar-refractivity contribution in [3.8, 4) is 17.2 Å². The van der Waals surface area contributed by atoms with Crippen molar-refractivity contribution in [3.05, 3.63) is 41.5 Å². The molecule has 0 spiro atoms. The highest BCUT2D eigenvalue weighted by Crippen LogP contribution is 2.48. The standard InChI is InChI=1S/C26H27NO6/c1-14(28)32-16-7-8-17-18(10-16)19-11-23(30-3)24(31-4)12-20(19)21-13-27-9-5-6-22(27)26(25(17)21)33-15(2)29/h7-8,10-12,22,26H,5-6,9,13H2,1-4H3/t22-,26+/m0/s1. The molecule has 0 N–H and O–H groups in total. The SMILES string of the molecule is COc1cc2c3c(c4ccc(OC(C)=O)cc4c2cc1OC)[C@H](OC(C)=O)[C@@H]1CCCN1C3. The summed E-state index contributed by atoms with van der Waals surface area (Å²) in [5.41, 5.74) is 2.15. The Morgan fingerprint density at radius 3 is 2.27 bits per heavy atom. The molecule has 5 rings (SSSR count). The zero-order valence-electron chi connectivity index (χ0n) is 19.3. The molecule has 1 fully saturated rings. The van der Waals surface area contributed by atoms with E-state index in [9.17, 15) is 9.59 Å². The number of carbonyl (C=O) groups excluding carboxylic acids is 2. The number of nitrogens with zero attached hydrogens (tertiary/aromatic N) is 1. The third-order valence-corrected chi connectivity index (χ3v) is 6.71. The van der Waals surface area contributed by atoms with Crippen LogP contribution in [0.4, 0.5) is 0 Å². The molecule has 0 aromatic heterocycles. The van der Waals surface area contributed by atoms with Crippen LogP contribution in [0.5, 0.6) is 17.2 Å². The molecular weight excluding hydrogens is 422 g/mol. The summed E-state index contributed by atoms with van der Waals surface area (Å²) in [5.74, 6) is 1.05. The van der Waals surface area contributed by atoms with Crippen LogP contribution in [0.25, 0.3) is 21.5 Å². The van der Waals surface area contributed by atoms with Crippen LogP contribution in [0.15, 0.2) is 30.3 Å². The Morgan fingerprint density at radius 1 is 0.909 bits per heavy atom. The first-order chi connectivity index (χ1) is 15.9. The molecule has 0 aliphatic carbocycles. The molecule has 0 bridgehead atoms. The van der Waals surface area contributed by atoms with Crippen LogP contribution >= 0.6 is 0 Å². The van der Waals surface area contributed by atoms with Crippen molar-refractivity contribution in [1.29, 1.82) is 0 Å². The fourth-order valence-electron chi connectivity index (χ4n) is 5.47. The van der Waals surface area contributed by atoms with Crippen LogP contribution in [-0.2, 0) is 20.9 Å². The predicted molar refractivity (Wildman–Crippen MR) is 124 cm³/mol. The summed E-state index contributed by atoms with van der Waals surface area (Å²) in [6.07, 6.45) is 1.68. The number of esters is 2. The fourth-order valence-corrected chi connectivity index (χ4v) is 5.47. The van der Waals surface area contributed by atoms with Gasteiger partial charge in [-0.2, -0.15) is 0 Å². The van der Waals surface area contributed by atoms with Crippen molar-refractivity contribution < 1.29 is 28.5 Å². The second-order valence-corrected chi connectivity index (χ2v) is 8.66. The Labute approximate surface area is 192 Å². The summed E-state index contributed by atoms with van der Waals surface area (Å²) in [6.45, 7) is 4.59. The van der Waals surface area contributed by atoms with Crippen LogP contribution in [-0.4, -0.2) is 43.6 Å². The number of ether oxygens (including phenoxy) is 4. The summed E-state index contributed by atoms with van der Waals surface area (Å²) < 4.78 is 22.5. The minimum Gasteiger partial charge on any atom is -0.493 e. The zero-order chi connectivity index (χ0) is 23.3. The maximum absolute atomic E-state index is 12.1. The maximum Gasteiger partial charge on any atom is 0.308 e. The van der Waals surface area contributed by atoms with Crippen LogP contribution in [0.2, 0.25) is 0 Å². The lowest BCUT2D eigenvalue weighted by atomic mass is 9.83. The van der Waals surface area contributed by atoms with Crippen molar-refractivity contribution >= 4 is 33.5 Å². The summed E-state index contributed by atoms with van der Waals surface area (Å²) in [6, 6.07) is 9.73. The number of hydrogen-bond acceptors (Lipinski definition) is 7. The molecule has 0 unspecified atom stereocenters. The highest BCUT2D eigenvalue weighted by atomic mass is 16.5. The number of methoxy groups -OCH3 is 2. The first kappa shape index (κ1) is 21.5. The van der Waals surface area contributed by atoms with E-state index in [0.29, 0.717) is 17.2 Å². The largest absolute Gasteiger partial charge is 0.493 e. The summed E-state index contributed by atoms with van der Waals surface area (Å²) in [4.78, 5) is 26.1. The second kappa shape index (κ2) is 8.23. The van der Waals surface area contributed by atoms with Crippen LogP contribution < -0.4 is 14.2 Å². The average Bonchev–Trinajstić information content (AvgIpc) is 3.26.